The minimum atomic E-state index is 0.309. The molecule has 0 aliphatic rings. The lowest BCUT2D eigenvalue weighted by Crippen LogP contribution is -2.24. The number of aryl methyl sites for hydroxylation is 1. The summed E-state index contributed by atoms with van der Waals surface area (Å²) in [5.41, 5.74) is 2.48. The smallest absolute Gasteiger partial charge is 0.123 e. The molecule has 1 heterocycles. The van der Waals surface area contributed by atoms with Gasteiger partial charge < -0.3 is 10.1 Å². The minimum Gasteiger partial charge on any atom is -0.496 e. The predicted molar refractivity (Wildman–Crippen MR) is 86.8 cm³/mol. The Morgan fingerprint density at radius 1 is 1.30 bits per heavy atom. The van der Waals surface area contributed by atoms with Crippen molar-refractivity contribution in [2.75, 3.05) is 13.7 Å². The van der Waals surface area contributed by atoms with Crippen LogP contribution in [0.5, 0.6) is 5.75 Å². The second-order valence-corrected chi connectivity index (χ2v) is 6.07. The standard InChI is InChI=1S/C17H23NOS/c1-4-9-18-16(12-14-6-5-10-20-14)15-8-7-13(2)11-17(15)19-3/h5-8,10-11,16,18H,4,9,12H2,1-3H3. The molecule has 3 heteroatoms. The maximum absolute atomic E-state index is 5.57. The number of nitrogens with one attached hydrogen (secondary N) is 1. The first-order valence-electron chi connectivity index (χ1n) is 7.15. The highest BCUT2D eigenvalue weighted by Gasteiger charge is 2.16. The van der Waals surface area contributed by atoms with E-state index in [9.17, 15) is 0 Å². The zero-order valence-corrected chi connectivity index (χ0v) is 13.3. The Labute approximate surface area is 125 Å². The van der Waals surface area contributed by atoms with E-state index in [4.69, 9.17) is 4.74 Å². The van der Waals surface area contributed by atoms with E-state index in [0.717, 1.165) is 25.1 Å². The van der Waals surface area contributed by atoms with E-state index in [1.165, 1.54) is 16.0 Å². The number of ether oxygens (including phenoxy) is 1. The molecule has 0 fully saturated rings. The first-order valence-corrected chi connectivity index (χ1v) is 8.03. The van der Waals surface area contributed by atoms with Gasteiger partial charge in [0.15, 0.2) is 0 Å². The maximum Gasteiger partial charge on any atom is 0.123 e. The van der Waals surface area contributed by atoms with Crippen LogP contribution < -0.4 is 10.1 Å². The molecule has 1 aromatic heterocycles. The molecule has 0 bridgehead atoms. The molecule has 2 rings (SSSR count). The summed E-state index contributed by atoms with van der Waals surface area (Å²) in [6, 6.07) is 11.1. The quantitative estimate of drug-likeness (QED) is 0.818. The third-order valence-corrected chi connectivity index (χ3v) is 4.29. The summed E-state index contributed by atoms with van der Waals surface area (Å²) in [6.07, 6.45) is 2.15. The molecule has 2 nitrogen and oxygen atoms in total. The average molecular weight is 289 g/mol. The van der Waals surface area contributed by atoms with Gasteiger partial charge in [0.1, 0.15) is 5.75 Å². The third-order valence-electron chi connectivity index (χ3n) is 3.39. The number of hydrogen-bond donors (Lipinski definition) is 1. The van der Waals surface area contributed by atoms with Crippen molar-refractivity contribution in [1.29, 1.82) is 0 Å². The van der Waals surface area contributed by atoms with E-state index in [0.29, 0.717) is 6.04 Å². The summed E-state index contributed by atoms with van der Waals surface area (Å²) in [7, 11) is 1.75. The van der Waals surface area contributed by atoms with Gasteiger partial charge in [-0.3, -0.25) is 0 Å². The number of hydrogen-bond acceptors (Lipinski definition) is 3. The van der Waals surface area contributed by atoms with Crippen molar-refractivity contribution in [3.63, 3.8) is 0 Å². The Hall–Kier alpha value is -1.32. The van der Waals surface area contributed by atoms with Gasteiger partial charge in [0.25, 0.3) is 0 Å². The molecule has 0 amide bonds. The normalized spacial score (nSPS) is 12.3. The Bertz CT molecular complexity index is 522. The van der Waals surface area contributed by atoms with Gasteiger partial charge in [0.2, 0.25) is 0 Å². The molecule has 0 spiro atoms. The molecule has 0 saturated heterocycles. The summed E-state index contributed by atoms with van der Waals surface area (Å²) in [5.74, 6) is 0.982. The van der Waals surface area contributed by atoms with E-state index in [1.807, 2.05) is 11.3 Å². The molecular formula is C17H23NOS. The van der Waals surface area contributed by atoms with Crippen LogP contribution in [-0.2, 0) is 6.42 Å². The highest BCUT2D eigenvalue weighted by Crippen LogP contribution is 2.29. The molecule has 0 aliphatic heterocycles. The van der Waals surface area contributed by atoms with Crippen LogP contribution in [0.1, 0.15) is 35.4 Å². The molecule has 0 radical (unpaired) electrons. The van der Waals surface area contributed by atoms with Crippen LogP contribution >= 0.6 is 11.3 Å². The van der Waals surface area contributed by atoms with Crippen LogP contribution in [0, 0.1) is 6.92 Å². The monoisotopic (exact) mass is 289 g/mol. The predicted octanol–water partition coefficient (Wildman–Crippen LogP) is 4.35. The van der Waals surface area contributed by atoms with Gasteiger partial charge in [-0.2, -0.15) is 0 Å². The van der Waals surface area contributed by atoms with E-state index in [1.54, 1.807) is 7.11 Å². The van der Waals surface area contributed by atoms with Gasteiger partial charge in [-0.25, -0.2) is 0 Å². The molecule has 1 atom stereocenters. The summed E-state index contributed by atoms with van der Waals surface area (Å²) in [4.78, 5) is 1.40. The lowest BCUT2D eigenvalue weighted by atomic mass is 10.00. The minimum absolute atomic E-state index is 0.309. The summed E-state index contributed by atoms with van der Waals surface area (Å²) in [6.45, 7) is 5.31. The summed E-state index contributed by atoms with van der Waals surface area (Å²) < 4.78 is 5.57. The second-order valence-electron chi connectivity index (χ2n) is 5.04. The first kappa shape index (κ1) is 15.1. The van der Waals surface area contributed by atoms with Crippen molar-refractivity contribution in [3.05, 3.63) is 51.7 Å². The Morgan fingerprint density at radius 2 is 2.15 bits per heavy atom. The van der Waals surface area contributed by atoms with Gasteiger partial charge >= 0.3 is 0 Å². The van der Waals surface area contributed by atoms with Crippen molar-refractivity contribution >= 4 is 11.3 Å². The fraction of sp³-hybridized carbons (Fsp3) is 0.412. The van der Waals surface area contributed by atoms with Crippen LogP contribution in [0.25, 0.3) is 0 Å². The van der Waals surface area contributed by atoms with Crippen LogP contribution in [0.2, 0.25) is 0 Å². The Morgan fingerprint density at radius 3 is 2.80 bits per heavy atom. The first-order chi connectivity index (χ1) is 9.74. The van der Waals surface area contributed by atoms with E-state index >= 15 is 0 Å². The molecule has 0 saturated carbocycles. The summed E-state index contributed by atoms with van der Waals surface area (Å²) in [5, 5.41) is 5.78. The van der Waals surface area contributed by atoms with E-state index in [2.05, 4.69) is 54.9 Å². The molecule has 108 valence electrons. The molecular weight excluding hydrogens is 266 g/mol. The fourth-order valence-corrected chi connectivity index (χ4v) is 3.10. The van der Waals surface area contributed by atoms with Crippen LogP contribution in [0.3, 0.4) is 0 Å². The van der Waals surface area contributed by atoms with Crippen LogP contribution in [0.4, 0.5) is 0 Å². The number of methoxy groups -OCH3 is 1. The molecule has 0 aliphatic carbocycles. The largest absolute Gasteiger partial charge is 0.496 e. The van der Waals surface area contributed by atoms with Crippen molar-refractivity contribution < 1.29 is 4.74 Å². The third kappa shape index (κ3) is 3.84. The van der Waals surface area contributed by atoms with Gasteiger partial charge in [0, 0.05) is 22.9 Å². The zero-order valence-electron chi connectivity index (χ0n) is 12.5. The van der Waals surface area contributed by atoms with Crippen molar-refractivity contribution in [1.82, 2.24) is 5.32 Å². The highest BCUT2D eigenvalue weighted by molar-refractivity contribution is 7.09. The van der Waals surface area contributed by atoms with Crippen LogP contribution in [-0.4, -0.2) is 13.7 Å². The molecule has 1 N–H and O–H groups in total. The lowest BCUT2D eigenvalue weighted by Gasteiger charge is -2.21. The molecule has 1 aromatic carbocycles. The van der Waals surface area contributed by atoms with Gasteiger partial charge in [-0.15, -0.1) is 11.3 Å². The Kier molecular flexibility index (Phi) is 5.62. The number of thiophene rings is 1. The molecule has 1 unspecified atom stereocenters. The van der Waals surface area contributed by atoms with Crippen LogP contribution in [0.15, 0.2) is 35.7 Å². The number of rotatable bonds is 7. The lowest BCUT2D eigenvalue weighted by molar-refractivity contribution is 0.398. The topological polar surface area (TPSA) is 21.3 Å². The number of benzene rings is 1. The van der Waals surface area contributed by atoms with Crippen molar-refractivity contribution in [2.45, 2.75) is 32.7 Å². The SMILES string of the molecule is CCCNC(Cc1cccs1)c1ccc(C)cc1OC. The van der Waals surface area contributed by atoms with Gasteiger partial charge in [0.05, 0.1) is 7.11 Å². The molecule has 20 heavy (non-hydrogen) atoms. The zero-order chi connectivity index (χ0) is 14.4. The average Bonchev–Trinajstić information content (AvgIpc) is 2.96. The van der Waals surface area contributed by atoms with E-state index in [-0.39, 0.29) is 0 Å². The van der Waals surface area contributed by atoms with Gasteiger partial charge in [-0.1, -0.05) is 25.1 Å². The second kappa shape index (κ2) is 7.46. The maximum atomic E-state index is 5.57. The van der Waals surface area contributed by atoms with Crippen molar-refractivity contribution in [3.8, 4) is 5.75 Å². The Balaban J connectivity index is 2.25. The molecule has 2 aromatic rings. The van der Waals surface area contributed by atoms with Crippen molar-refractivity contribution in [2.24, 2.45) is 0 Å². The highest BCUT2D eigenvalue weighted by atomic mass is 32.1. The fourth-order valence-electron chi connectivity index (χ4n) is 2.35. The van der Waals surface area contributed by atoms with E-state index < -0.39 is 0 Å². The van der Waals surface area contributed by atoms with Gasteiger partial charge in [-0.05, 0) is 43.0 Å². The summed E-state index contributed by atoms with van der Waals surface area (Å²) >= 11 is 1.82.